The van der Waals surface area contributed by atoms with Crippen LogP contribution in [0.2, 0.25) is 0 Å². The number of hydrogen-bond acceptors (Lipinski definition) is 5. The molecule has 3 heterocycles. The predicted molar refractivity (Wildman–Crippen MR) is 207 cm³/mol. The third-order valence-corrected chi connectivity index (χ3v) is 10.3. The number of fused-ring (bicyclic) bond motifs is 10. The summed E-state index contributed by atoms with van der Waals surface area (Å²) in [5.74, 6) is 0. The van der Waals surface area contributed by atoms with Crippen molar-refractivity contribution >= 4 is 65.6 Å². The Hall–Kier alpha value is -8.10. The Morgan fingerprint density at radius 3 is 1.58 bits per heavy atom. The summed E-state index contributed by atoms with van der Waals surface area (Å²) < 4.78 is 10.3. The van der Waals surface area contributed by atoms with Crippen molar-refractivity contribution in [3.05, 3.63) is 156 Å². The number of para-hydroxylation sites is 4. The van der Waals surface area contributed by atoms with E-state index in [2.05, 4.69) is 30.3 Å². The quantitative estimate of drug-likeness (QED) is 0.185. The number of rotatable bonds is 3. The average molecular weight is 675 g/mol. The van der Waals surface area contributed by atoms with Gasteiger partial charge in [0.1, 0.15) is 35.4 Å². The van der Waals surface area contributed by atoms with Crippen LogP contribution in [0.4, 0.5) is 0 Å². The summed E-state index contributed by atoms with van der Waals surface area (Å²) in [6.45, 7) is 0. The highest BCUT2D eigenvalue weighted by atomic mass is 16.3. The van der Waals surface area contributed by atoms with Gasteiger partial charge in [0.15, 0.2) is 0 Å². The lowest BCUT2D eigenvalue weighted by Crippen LogP contribution is -2.05. The van der Waals surface area contributed by atoms with Gasteiger partial charge < -0.3 is 13.6 Å². The minimum atomic E-state index is 0.205. The van der Waals surface area contributed by atoms with Crippen LogP contribution in [0.15, 0.2) is 138 Å². The topological polar surface area (TPSA) is 118 Å². The molecule has 7 heteroatoms. The highest BCUT2D eigenvalue weighted by Gasteiger charge is 2.25. The largest absolute Gasteiger partial charge is 0.456 e. The minimum Gasteiger partial charge on any atom is -0.456 e. The highest BCUT2D eigenvalue weighted by Crippen LogP contribution is 2.44. The Bertz CT molecular complexity index is 3310. The molecular formula is C46H22N6O. The zero-order valence-corrected chi connectivity index (χ0v) is 27.8. The first-order valence-corrected chi connectivity index (χ1v) is 16.9. The summed E-state index contributed by atoms with van der Waals surface area (Å²) in [7, 11) is 0. The van der Waals surface area contributed by atoms with Crippen molar-refractivity contribution in [1.82, 2.24) is 9.13 Å². The molecule has 0 atom stereocenters. The van der Waals surface area contributed by atoms with Crippen LogP contribution >= 0.6 is 0 Å². The van der Waals surface area contributed by atoms with Crippen molar-refractivity contribution in [3.63, 3.8) is 0 Å². The fourth-order valence-electron chi connectivity index (χ4n) is 8.14. The maximum Gasteiger partial charge on any atom is 0.136 e. The molecule has 0 saturated carbocycles. The monoisotopic (exact) mass is 674 g/mol. The number of nitriles is 4. The van der Waals surface area contributed by atoms with E-state index in [-0.39, 0.29) is 22.3 Å². The van der Waals surface area contributed by atoms with Gasteiger partial charge in [0.25, 0.3) is 0 Å². The fourth-order valence-corrected chi connectivity index (χ4v) is 8.14. The smallest absolute Gasteiger partial charge is 0.136 e. The van der Waals surface area contributed by atoms with Gasteiger partial charge >= 0.3 is 0 Å². The lowest BCUT2D eigenvalue weighted by Gasteiger charge is -2.19. The zero-order chi connectivity index (χ0) is 35.8. The molecule has 3 aromatic heterocycles. The van der Waals surface area contributed by atoms with Crippen LogP contribution in [0.3, 0.4) is 0 Å². The van der Waals surface area contributed by atoms with E-state index < -0.39 is 0 Å². The average Bonchev–Trinajstić information content (AvgIpc) is 3.87. The summed E-state index contributed by atoms with van der Waals surface area (Å²) in [5.41, 5.74) is 8.11. The lowest BCUT2D eigenvalue weighted by atomic mass is 9.93. The summed E-state index contributed by atoms with van der Waals surface area (Å²) in [4.78, 5) is 0. The molecule has 7 aromatic carbocycles. The van der Waals surface area contributed by atoms with Crippen LogP contribution in [0.5, 0.6) is 0 Å². The standard InChI is InChI=1S/C46H22N6O/c47-23-27-17-18-31(46(36(27)26-50)51-37-13-5-1-9-32(37)33-10-2-6-14-38(33)51)28-21-29(24-48)45(30(22-28)25-49)52-39-15-7-3-11-34(39)43-40(52)19-20-42-44(43)35-12-4-8-16-41(35)53-42/h1-22H. The maximum atomic E-state index is 10.9. The van der Waals surface area contributed by atoms with Crippen LogP contribution in [0, 0.1) is 45.3 Å². The normalized spacial score (nSPS) is 11.3. The van der Waals surface area contributed by atoms with Crippen LogP contribution in [-0.2, 0) is 0 Å². The molecule has 0 N–H and O–H groups in total. The first-order chi connectivity index (χ1) is 26.1. The Kier molecular flexibility index (Phi) is 6.30. The molecular weight excluding hydrogens is 653 g/mol. The van der Waals surface area contributed by atoms with Gasteiger partial charge in [0.2, 0.25) is 0 Å². The van der Waals surface area contributed by atoms with Crippen LogP contribution in [-0.4, -0.2) is 9.13 Å². The van der Waals surface area contributed by atoms with Gasteiger partial charge in [-0.1, -0.05) is 78.9 Å². The van der Waals surface area contributed by atoms with E-state index in [4.69, 9.17) is 4.42 Å². The molecule has 10 rings (SSSR count). The van der Waals surface area contributed by atoms with Crippen molar-refractivity contribution in [2.45, 2.75) is 0 Å². The molecule has 0 bridgehead atoms. The summed E-state index contributed by atoms with van der Waals surface area (Å²) in [6.07, 6.45) is 0. The first-order valence-electron chi connectivity index (χ1n) is 16.9. The Balaban J connectivity index is 1.30. The lowest BCUT2D eigenvalue weighted by molar-refractivity contribution is 0.669. The van der Waals surface area contributed by atoms with Gasteiger partial charge in [-0.15, -0.1) is 0 Å². The van der Waals surface area contributed by atoms with Gasteiger partial charge in [-0.2, -0.15) is 21.0 Å². The molecule has 0 aliphatic carbocycles. The van der Waals surface area contributed by atoms with E-state index in [0.717, 1.165) is 65.6 Å². The van der Waals surface area contributed by atoms with Crippen LogP contribution < -0.4 is 0 Å². The second-order valence-corrected chi connectivity index (χ2v) is 12.9. The molecule has 53 heavy (non-hydrogen) atoms. The van der Waals surface area contributed by atoms with Gasteiger partial charge in [-0.05, 0) is 60.2 Å². The van der Waals surface area contributed by atoms with Gasteiger partial charge in [-0.3, -0.25) is 0 Å². The molecule has 10 aromatic rings. The van der Waals surface area contributed by atoms with Crippen molar-refractivity contribution in [3.8, 4) is 46.8 Å². The van der Waals surface area contributed by atoms with Crippen molar-refractivity contribution in [2.75, 3.05) is 0 Å². The number of benzene rings is 7. The molecule has 242 valence electrons. The van der Waals surface area contributed by atoms with Crippen molar-refractivity contribution < 1.29 is 4.42 Å². The van der Waals surface area contributed by atoms with E-state index in [0.29, 0.717) is 22.5 Å². The third-order valence-electron chi connectivity index (χ3n) is 10.3. The molecule has 0 aliphatic rings. The summed E-state index contributed by atoms with van der Waals surface area (Å²) in [5, 5.41) is 48.4. The Morgan fingerprint density at radius 2 is 0.962 bits per heavy atom. The van der Waals surface area contributed by atoms with Crippen molar-refractivity contribution in [2.24, 2.45) is 0 Å². The van der Waals surface area contributed by atoms with E-state index >= 15 is 0 Å². The molecule has 0 amide bonds. The first kappa shape index (κ1) is 29.8. The molecule has 0 saturated heterocycles. The van der Waals surface area contributed by atoms with E-state index in [1.54, 1.807) is 24.3 Å². The van der Waals surface area contributed by atoms with E-state index in [1.165, 1.54) is 0 Å². The third kappa shape index (κ3) is 4.05. The predicted octanol–water partition coefficient (Wildman–Crippen LogP) is 10.9. The SMILES string of the molecule is N#Cc1ccc(-c2cc(C#N)c(-n3c4ccccc4c4c5c(ccc43)oc3ccccc35)c(C#N)c2)c(-n2c3ccccc3c3ccccc32)c1C#N. The minimum absolute atomic E-state index is 0.205. The van der Waals surface area contributed by atoms with E-state index in [9.17, 15) is 21.0 Å². The summed E-state index contributed by atoms with van der Waals surface area (Å²) >= 11 is 0. The van der Waals surface area contributed by atoms with E-state index in [1.807, 2.05) is 112 Å². The zero-order valence-electron chi connectivity index (χ0n) is 27.8. The van der Waals surface area contributed by atoms with Crippen molar-refractivity contribution in [1.29, 1.82) is 21.0 Å². The molecule has 0 unspecified atom stereocenters. The van der Waals surface area contributed by atoms with Crippen LogP contribution in [0.1, 0.15) is 22.3 Å². The Morgan fingerprint density at radius 1 is 0.415 bits per heavy atom. The molecule has 0 aliphatic heterocycles. The van der Waals surface area contributed by atoms with Gasteiger partial charge in [0.05, 0.1) is 55.7 Å². The fraction of sp³-hybridized carbons (Fsp3) is 0. The molecule has 7 nitrogen and oxygen atoms in total. The second kappa shape index (κ2) is 11.2. The number of furan rings is 1. The molecule has 0 fully saturated rings. The Labute approximate surface area is 301 Å². The van der Waals surface area contributed by atoms with Gasteiger partial charge in [0, 0.05) is 37.9 Å². The van der Waals surface area contributed by atoms with Gasteiger partial charge in [-0.25, -0.2) is 0 Å². The second-order valence-electron chi connectivity index (χ2n) is 12.9. The molecule has 0 spiro atoms. The number of aromatic nitrogens is 2. The summed E-state index contributed by atoms with van der Waals surface area (Å²) in [6, 6.07) is 52.1. The highest BCUT2D eigenvalue weighted by molar-refractivity contribution is 6.27. The van der Waals surface area contributed by atoms with Crippen LogP contribution in [0.25, 0.3) is 88.1 Å². The number of nitrogens with zero attached hydrogens (tertiary/aromatic N) is 6. The molecule has 0 radical (unpaired) electrons. The number of hydrogen-bond donors (Lipinski definition) is 0. The maximum absolute atomic E-state index is 10.9.